The Morgan fingerprint density at radius 1 is 1.69 bits per heavy atom. The Balaban J connectivity index is 2.16. The number of likely N-dealkylation sites (tertiary alicyclic amines) is 1. The molecule has 82 valence electrons. The highest BCUT2D eigenvalue weighted by atomic mass is 16.2. The van der Waals surface area contributed by atoms with Crippen LogP contribution in [0, 0.1) is 11.3 Å². The predicted octanol–water partition coefficient (Wildman–Crippen LogP) is -0.00912. The molecule has 16 heavy (non-hydrogen) atoms. The smallest absolute Gasteiger partial charge is 0.244 e. The number of aromatic nitrogens is 2. The third-order valence-corrected chi connectivity index (χ3v) is 2.58. The zero-order valence-electron chi connectivity index (χ0n) is 8.84. The van der Waals surface area contributed by atoms with Crippen molar-refractivity contribution in [1.29, 1.82) is 5.26 Å². The lowest BCUT2D eigenvalue weighted by Crippen LogP contribution is -2.31. The number of hydrogen-bond donors (Lipinski definition) is 1. The van der Waals surface area contributed by atoms with Gasteiger partial charge >= 0.3 is 0 Å². The van der Waals surface area contributed by atoms with Gasteiger partial charge in [-0.2, -0.15) is 10.4 Å². The molecule has 1 amide bonds. The maximum absolute atomic E-state index is 11.6. The number of nitrogens with one attached hydrogen (secondary N) is 1. The zero-order valence-corrected chi connectivity index (χ0v) is 8.84. The Morgan fingerprint density at radius 2 is 2.50 bits per heavy atom. The van der Waals surface area contributed by atoms with Gasteiger partial charge in [0.25, 0.3) is 0 Å². The second-order valence-corrected chi connectivity index (χ2v) is 3.65. The SMILES string of the molecule is CN1CCC(Nc2nnccc2C#N)C1=O. The van der Waals surface area contributed by atoms with Gasteiger partial charge in [0.2, 0.25) is 5.91 Å². The van der Waals surface area contributed by atoms with Gasteiger partial charge in [0.15, 0.2) is 5.82 Å². The van der Waals surface area contributed by atoms with E-state index < -0.39 is 0 Å². The lowest BCUT2D eigenvalue weighted by atomic mass is 10.2. The first-order valence-electron chi connectivity index (χ1n) is 4.95. The van der Waals surface area contributed by atoms with Crippen LogP contribution in [0.4, 0.5) is 5.82 Å². The molecule has 6 heteroatoms. The number of hydrogen-bond acceptors (Lipinski definition) is 5. The molecule has 1 aromatic heterocycles. The maximum Gasteiger partial charge on any atom is 0.244 e. The van der Waals surface area contributed by atoms with Crippen LogP contribution in [0.25, 0.3) is 0 Å². The highest BCUT2D eigenvalue weighted by molar-refractivity contribution is 5.86. The van der Waals surface area contributed by atoms with Crippen molar-refractivity contribution < 1.29 is 4.79 Å². The van der Waals surface area contributed by atoms with E-state index >= 15 is 0 Å². The van der Waals surface area contributed by atoms with Gasteiger partial charge in [0.05, 0.1) is 11.8 Å². The summed E-state index contributed by atoms with van der Waals surface area (Å²) >= 11 is 0. The topological polar surface area (TPSA) is 81.9 Å². The summed E-state index contributed by atoms with van der Waals surface area (Å²) in [5.41, 5.74) is 0.400. The predicted molar refractivity (Wildman–Crippen MR) is 56.4 cm³/mol. The largest absolute Gasteiger partial charge is 0.356 e. The number of nitrogens with zero attached hydrogens (tertiary/aromatic N) is 4. The Labute approximate surface area is 92.9 Å². The van der Waals surface area contributed by atoms with Gasteiger partial charge in [0, 0.05) is 13.6 Å². The standard InChI is InChI=1S/C10H11N5O/c1-15-5-3-8(10(15)16)13-9-7(6-11)2-4-12-14-9/h2,4,8H,3,5H2,1H3,(H,13,14). The number of nitriles is 1. The van der Waals surface area contributed by atoms with Gasteiger partial charge in [-0.15, -0.1) is 5.10 Å². The van der Waals surface area contributed by atoms with Crippen molar-refractivity contribution in [1.82, 2.24) is 15.1 Å². The molecule has 0 saturated carbocycles. The first-order chi connectivity index (χ1) is 7.72. The third kappa shape index (κ3) is 1.80. The molecule has 1 atom stereocenters. The van der Waals surface area contributed by atoms with Gasteiger partial charge in [-0.25, -0.2) is 0 Å². The quantitative estimate of drug-likeness (QED) is 0.753. The van der Waals surface area contributed by atoms with Crippen molar-refractivity contribution in [3.8, 4) is 6.07 Å². The van der Waals surface area contributed by atoms with Crippen molar-refractivity contribution >= 4 is 11.7 Å². The minimum Gasteiger partial charge on any atom is -0.356 e. The van der Waals surface area contributed by atoms with E-state index in [9.17, 15) is 4.79 Å². The Morgan fingerprint density at radius 3 is 3.12 bits per heavy atom. The number of likely N-dealkylation sites (N-methyl/N-ethyl adjacent to an activating group) is 1. The van der Waals surface area contributed by atoms with Crippen LogP contribution >= 0.6 is 0 Å². The van der Waals surface area contributed by atoms with Gasteiger partial charge in [0.1, 0.15) is 12.1 Å². The Kier molecular flexibility index (Phi) is 2.68. The summed E-state index contributed by atoms with van der Waals surface area (Å²) in [5, 5.41) is 19.3. The van der Waals surface area contributed by atoms with Crippen LogP contribution in [-0.2, 0) is 4.79 Å². The monoisotopic (exact) mass is 217 g/mol. The van der Waals surface area contributed by atoms with E-state index in [4.69, 9.17) is 5.26 Å². The first-order valence-corrected chi connectivity index (χ1v) is 4.95. The highest BCUT2D eigenvalue weighted by Crippen LogP contribution is 2.16. The Hall–Kier alpha value is -2.16. The fourth-order valence-electron chi connectivity index (χ4n) is 1.65. The van der Waals surface area contributed by atoms with E-state index in [1.165, 1.54) is 6.20 Å². The van der Waals surface area contributed by atoms with Gasteiger partial charge in [-0.3, -0.25) is 4.79 Å². The van der Waals surface area contributed by atoms with Crippen LogP contribution < -0.4 is 5.32 Å². The number of anilines is 1. The molecular weight excluding hydrogens is 206 g/mol. The van der Waals surface area contributed by atoms with E-state index in [1.807, 2.05) is 6.07 Å². The minimum atomic E-state index is -0.297. The molecule has 1 N–H and O–H groups in total. The molecule has 0 aromatic carbocycles. The molecule has 1 aromatic rings. The first kappa shape index (κ1) is 10.4. The number of carbonyl (C=O) groups is 1. The number of rotatable bonds is 2. The summed E-state index contributed by atoms with van der Waals surface area (Å²) in [7, 11) is 1.76. The van der Waals surface area contributed by atoms with E-state index in [1.54, 1.807) is 18.0 Å². The van der Waals surface area contributed by atoms with Crippen molar-refractivity contribution in [2.75, 3.05) is 18.9 Å². The minimum absolute atomic E-state index is 0.0227. The van der Waals surface area contributed by atoms with Crippen molar-refractivity contribution in [2.45, 2.75) is 12.5 Å². The van der Waals surface area contributed by atoms with Crippen LogP contribution in [0.3, 0.4) is 0 Å². The second kappa shape index (κ2) is 4.14. The molecule has 0 aliphatic carbocycles. The van der Waals surface area contributed by atoms with Crippen molar-refractivity contribution in [2.24, 2.45) is 0 Å². The summed E-state index contributed by atoms with van der Waals surface area (Å²) < 4.78 is 0. The van der Waals surface area contributed by atoms with Gasteiger partial charge in [-0.05, 0) is 12.5 Å². The number of carbonyl (C=O) groups excluding carboxylic acids is 1. The van der Waals surface area contributed by atoms with Crippen LogP contribution in [-0.4, -0.2) is 40.6 Å². The van der Waals surface area contributed by atoms with Crippen LogP contribution in [0.1, 0.15) is 12.0 Å². The molecule has 1 saturated heterocycles. The maximum atomic E-state index is 11.6. The summed E-state index contributed by atoms with van der Waals surface area (Å²) in [6.45, 7) is 0.721. The molecule has 0 bridgehead atoms. The molecule has 1 aliphatic heterocycles. The molecule has 0 spiro atoms. The fraction of sp³-hybridized carbons (Fsp3) is 0.400. The highest BCUT2D eigenvalue weighted by Gasteiger charge is 2.29. The molecular formula is C10H11N5O. The van der Waals surface area contributed by atoms with Crippen molar-refractivity contribution in [3.05, 3.63) is 17.8 Å². The summed E-state index contributed by atoms with van der Waals surface area (Å²) in [4.78, 5) is 13.3. The molecule has 1 fully saturated rings. The number of amides is 1. The average molecular weight is 217 g/mol. The van der Waals surface area contributed by atoms with Crippen LogP contribution in [0.2, 0.25) is 0 Å². The molecule has 2 rings (SSSR count). The second-order valence-electron chi connectivity index (χ2n) is 3.65. The fourth-order valence-corrected chi connectivity index (χ4v) is 1.65. The average Bonchev–Trinajstić information content (AvgIpc) is 2.62. The molecule has 6 nitrogen and oxygen atoms in total. The van der Waals surface area contributed by atoms with Crippen LogP contribution in [0.5, 0.6) is 0 Å². The van der Waals surface area contributed by atoms with Gasteiger partial charge in [-0.1, -0.05) is 0 Å². The zero-order chi connectivity index (χ0) is 11.5. The lowest BCUT2D eigenvalue weighted by Gasteiger charge is -2.12. The van der Waals surface area contributed by atoms with Crippen LogP contribution in [0.15, 0.2) is 12.3 Å². The third-order valence-electron chi connectivity index (χ3n) is 2.58. The lowest BCUT2D eigenvalue weighted by molar-refractivity contribution is -0.127. The van der Waals surface area contributed by atoms with E-state index in [0.717, 1.165) is 13.0 Å². The Bertz CT molecular complexity index is 453. The molecule has 1 aliphatic rings. The molecule has 0 radical (unpaired) electrons. The summed E-state index contributed by atoms with van der Waals surface area (Å²) in [5.74, 6) is 0.396. The normalized spacial score (nSPS) is 19.6. The van der Waals surface area contributed by atoms with Gasteiger partial charge < -0.3 is 10.2 Å². The molecule has 2 heterocycles. The van der Waals surface area contributed by atoms with Crippen molar-refractivity contribution in [3.63, 3.8) is 0 Å². The molecule has 1 unspecified atom stereocenters. The van der Waals surface area contributed by atoms with E-state index in [0.29, 0.717) is 11.4 Å². The summed E-state index contributed by atoms with van der Waals surface area (Å²) in [6.07, 6.45) is 2.17. The van der Waals surface area contributed by atoms with E-state index in [2.05, 4.69) is 15.5 Å². The van der Waals surface area contributed by atoms with E-state index in [-0.39, 0.29) is 11.9 Å². The summed E-state index contributed by atoms with van der Waals surface area (Å²) in [6, 6.07) is 3.28.